The van der Waals surface area contributed by atoms with Gasteiger partial charge in [-0.2, -0.15) is 0 Å². The van der Waals surface area contributed by atoms with Crippen molar-refractivity contribution in [1.82, 2.24) is 0 Å². The molecule has 0 saturated heterocycles. The van der Waals surface area contributed by atoms with Gasteiger partial charge < -0.3 is 10.1 Å². The number of halogens is 1. The minimum absolute atomic E-state index is 0.000640. The molecule has 3 aromatic rings. The highest BCUT2D eigenvalue weighted by atomic mass is 35.5. The predicted octanol–water partition coefficient (Wildman–Crippen LogP) is 4.25. The second-order valence-corrected chi connectivity index (χ2v) is 12.0. The van der Waals surface area contributed by atoms with Crippen LogP contribution in [0.1, 0.15) is 12.5 Å². The van der Waals surface area contributed by atoms with Crippen LogP contribution in [-0.2, 0) is 24.8 Å². The zero-order chi connectivity index (χ0) is 26.7. The van der Waals surface area contributed by atoms with Crippen LogP contribution in [0.4, 0.5) is 17.1 Å². The van der Waals surface area contributed by atoms with Gasteiger partial charge in [-0.25, -0.2) is 16.8 Å². The van der Waals surface area contributed by atoms with Gasteiger partial charge in [0.2, 0.25) is 15.9 Å². The number of methoxy groups -OCH3 is 1. The van der Waals surface area contributed by atoms with Gasteiger partial charge in [0.25, 0.3) is 10.0 Å². The molecule has 3 aromatic carbocycles. The van der Waals surface area contributed by atoms with Crippen molar-refractivity contribution < 1.29 is 26.4 Å². The Morgan fingerprint density at radius 2 is 1.64 bits per heavy atom. The maximum Gasteiger partial charge on any atom is 0.261 e. The van der Waals surface area contributed by atoms with Crippen LogP contribution in [0.15, 0.2) is 71.6 Å². The first-order chi connectivity index (χ1) is 16.8. The molecule has 0 saturated carbocycles. The molecule has 0 bridgehead atoms. The lowest BCUT2D eigenvalue weighted by Gasteiger charge is -2.28. The third-order valence-electron chi connectivity index (χ3n) is 5.18. The summed E-state index contributed by atoms with van der Waals surface area (Å²) < 4.78 is 59.0. The third kappa shape index (κ3) is 6.48. The maximum absolute atomic E-state index is 12.9. The monoisotopic (exact) mass is 551 g/mol. The van der Waals surface area contributed by atoms with E-state index in [9.17, 15) is 21.6 Å². The van der Waals surface area contributed by atoms with E-state index < -0.39 is 32.0 Å². The first-order valence-electron chi connectivity index (χ1n) is 10.6. The van der Waals surface area contributed by atoms with Crippen molar-refractivity contribution in [2.45, 2.75) is 24.8 Å². The van der Waals surface area contributed by atoms with Crippen molar-refractivity contribution in [3.8, 4) is 5.75 Å². The van der Waals surface area contributed by atoms with Crippen LogP contribution in [0.2, 0.25) is 5.02 Å². The molecule has 0 radical (unpaired) electrons. The van der Waals surface area contributed by atoms with E-state index >= 15 is 0 Å². The highest BCUT2D eigenvalue weighted by Crippen LogP contribution is 2.31. The number of benzene rings is 3. The number of nitrogens with one attached hydrogen (secondary N) is 2. The number of rotatable bonds is 9. The van der Waals surface area contributed by atoms with Crippen LogP contribution in [0.3, 0.4) is 0 Å². The summed E-state index contributed by atoms with van der Waals surface area (Å²) in [4.78, 5) is 12.9. The molecule has 36 heavy (non-hydrogen) atoms. The molecule has 12 heteroatoms. The van der Waals surface area contributed by atoms with Crippen LogP contribution < -0.4 is 19.1 Å². The molecule has 9 nitrogen and oxygen atoms in total. The van der Waals surface area contributed by atoms with Gasteiger partial charge in [-0.1, -0.05) is 23.7 Å². The van der Waals surface area contributed by atoms with Gasteiger partial charge in [0.05, 0.1) is 29.0 Å². The SMILES string of the molecule is COc1ccc(N([C@H](C)C(=O)Nc2ccc(S(=O)(=O)Nc3cccc(C)c3)cc2)S(C)(=O)=O)cc1Cl. The van der Waals surface area contributed by atoms with E-state index in [2.05, 4.69) is 10.0 Å². The fourth-order valence-corrected chi connectivity index (χ4v) is 5.96. The molecule has 192 valence electrons. The zero-order valence-corrected chi connectivity index (χ0v) is 22.4. The van der Waals surface area contributed by atoms with E-state index in [4.69, 9.17) is 16.3 Å². The molecule has 0 aliphatic carbocycles. The molecule has 0 heterocycles. The smallest absolute Gasteiger partial charge is 0.261 e. The molecular formula is C24H26ClN3O6S2. The van der Waals surface area contributed by atoms with Gasteiger partial charge >= 0.3 is 0 Å². The molecule has 0 aliphatic heterocycles. The number of amides is 1. The van der Waals surface area contributed by atoms with Crippen molar-refractivity contribution in [3.63, 3.8) is 0 Å². The van der Waals surface area contributed by atoms with Crippen molar-refractivity contribution in [1.29, 1.82) is 0 Å². The second-order valence-electron chi connectivity index (χ2n) is 8.04. The van der Waals surface area contributed by atoms with Crippen molar-refractivity contribution in [2.75, 3.05) is 27.7 Å². The Hall–Kier alpha value is -3.28. The van der Waals surface area contributed by atoms with Gasteiger partial charge in [-0.3, -0.25) is 13.8 Å². The average molecular weight is 552 g/mol. The summed E-state index contributed by atoms with van der Waals surface area (Å²) >= 11 is 6.15. The first kappa shape index (κ1) is 27.3. The molecule has 2 N–H and O–H groups in total. The summed E-state index contributed by atoms with van der Waals surface area (Å²) in [6, 6.07) is 15.7. The molecule has 0 spiro atoms. The van der Waals surface area contributed by atoms with E-state index in [0.717, 1.165) is 16.1 Å². The van der Waals surface area contributed by atoms with Crippen LogP contribution in [0.25, 0.3) is 0 Å². The molecule has 1 atom stereocenters. The molecule has 0 unspecified atom stereocenters. The summed E-state index contributed by atoms with van der Waals surface area (Å²) in [5.41, 5.74) is 1.82. The van der Waals surface area contributed by atoms with Gasteiger partial charge in [0, 0.05) is 11.4 Å². The normalized spacial score (nSPS) is 12.5. The van der Waals surface area contributed by atoms with Gasteiger partial charge in [0.15, 0.2) is 0 Å². The number of carbonyl (C=O) groups is 1. The number of nitrogens with zero attached hydrogens (tertiary/aromatic N) is 1. The standard InChI is InChI=1S/C24H26ClN3O6S2/c1-16-6-5-7-19(14-16)27-36(32,33)21-11-8-18(9-12-21)26-24(29)17(2)28(35(4,30)31)20-10-13-23(34-3)22(25)15-20/h5-15,17,27H,1-4H3,(H,26,29)/t17-/m1/s1. The Balaban J connectivity index is 1.78. The summed E-state index contributed by atoms with van der Waals surface area (Å²) in [5.74, 6) is -0.265. The van der Waals surface area contributed by atoms with E-state index in [-0.39, 0.29) is 15.6 Å². The maximum atomic E-state index is 12.9. The topological polar surface area (TPSA) is 122 Å². The van der Waals surface area contributed by atoms with E-state index in [0.29, 0.717) is 17.1 Å². The largest absolute Gasteiger partial charge is 0.495 e. The lowest BCUT2D eigenvalue weighted by molar-refractivity contribution is -0.116. The summed E-state index contributed by atoms with van der Waals surface area (Å²) in [5, 5.41) is 2.81. The minimum Gasteiger partial charge on any atom is -0.495 e. The fourth-order valence-electron chi connectivity index (χ4n) is 3.49. The highest BCUT2D eigenvalue weighted by molar-refractivity contribution is 7.92. The number of carbonyl (C=O) groups excluding carboxylic acids is 1. The van der Waals surface area contributed by atoms with Gasteiger partial charge in [-0.05, 0) is 74.0 Å². The Morgan fingerprint density at radius 1 is 0.972 bits per heavy atom. The van der Waals surface area contributed by atoms with Crippen LogP contribution in [0, 0.1) is 6.92 Å². The minimum atomic E-state index is -3.86. The Bertz CT molecular complexity index is 1480. The number of ether oxygens (including phenoxy) is 1. The Kier molecular flexibility index (Phi) is 8.17. The molecule has 0 fully saturated rings. The summed E-state index contributed by atoms with van der Waals surface area (Å²) in [7, 11) is -6.28. The lowest BCUT2D eigenvalue weighted by Crippen LogP contribution is -2.45. The number of hydrogen-bond acceptors (Lipinski definition) is 6. The highest BCUT2D eigenvalue weighted by Gasteiger charge is 2.30. The van der Waals surface area contributed by atoms with Crippen LogP contribution in [-0.4, -0.2) is 42.2 Å². The van der Waals surface area contributed by atoms with E-state index in [1.807, 2.05) is 13.0 Å². The molecule has 1 amide bonds. The molecular weight excluding hydrogens is 526 g/mol. The molecule has 0 aliphatic rings. The first-order valence-corrected chi connectivity index (χ1v) is 14.4. The number of hydrogen-bond donors (Lipinski definition) is 2. The molecule has 3 rings (SSSR count). The summed E-state index contributed by atoms with van der Waals surface area (Å²) in [6.45, 7) is 3.28. The van der Waals surface area contributed by atoms with Crippen molar-refractivity contribution in [3.05, 3.63) is 77.3 Å². The summed E-state index contributed by atoms with van der Waals surface area (Å²) in [6.07, 6.45) is 0.982. The van der Waals surface area contributed by atoms with Gasteiger partial charge in [0.1, 0.15) is 11.8 Å². The molecule has 0 aromatic heterocycles. The van der Waals surface area contributed by atoms with Crippen LogP contribution >= 0.6 is 11.6 Å². The quantitative estimate of drug-likeness (QED) is 0.410. The zero-order valence-electron chi connectivity index (χ0n) is 20.0. The Morgan fingerprint density at radius 3 is 2.19 bits per heavy atom. The number of aryl methyl sites for hydroxylation is 1. The van der Waals surface area contributed by atoms with Crippen LogP contribution in [0.5, 0.6) is 5.75 Å². The van der Waals surface area contributed by atoms with E-state index in [1.54, 1.807) is 18.2 Å². The van der Waals surface area contributed by atoms with Crippen molar-refractivity contribution >= 4 is 54.6 Å². The average Bonchev–Trinajstić information content (AvgIpc) is 2.78. The lowest BCUT2D eigenvalue weighted by atomic mass is 10.2. The van der Waals surface area contributed by atoms with E-state index in [1.165, 1.54) is 56.5 Å². The Labute approximate surface area is 216 Å². The van der Waals surface area contributed by atoms with Gasteiger partial charge in [-0.15, -0.1) is 0 Å². The number of sulfonamides is 2. The second kappa shape index (κ2) is 10.8. The fraction of sp³-hybridized carbons (Fsp3) is 0.208. The predicted molar refractivity (Wildman–Crippen MR) is 142 cm³/mol. The number of anilines is 3. The van der Waals surface area contributed by atoms with Crippen molar-refractivity contribution in [2.24, 2.45) is 0 Å². The third-order valence-corrected chi connectivity index (χ3v) is 8.12.